The predicted octanol–water partition coefficient (Wildman–Crippen LogP) is 3.08. The van der Waals surface area contributed by atoms with Gasteiger partial charge in [-0.05, 0) is 18.6 Å². The summed E-state index contributed by atoms with van der Waals surface area (Å²) in [4.78, 5) is 25.0. The molecule has 0 aliphatic rings. The molecule has 2 rings (SSSR count). The lowest BCUT2D eigenvalue weighted by molar-refractivity contribution is -0.140. The molecular formula is C15H14O3S. The summed E-state index contributed by atoms with van der Waals surface area (Å²) < 4.78 is 4.59. The van der Waals surface area contributed by atoms with Crippen LogP contribution in [0.5, 0.6) is 0 Å². The number of ether oxygens (including phenoxy) is 1. The Balaban J connectivity index is 2.05. The number of thiophene rings is 1. The summed E-state index contributed by atoms with van der Waals surface area (Å²) in [7, 11) is 1.38. The first-order chi connectivity index (χ1) is 9.20. The third kappa shape index (κ3) is 3.51. The number of hydrogen-bond donors (Lipinski definition) is 0. The van der Waals surface area contributed by atoms with E-state index >= 15 is 0 Å². The molecular weight excluding hydrogens is 260 g/mol. The number of carbonyl (C=O) groups excluding carboxylic acids is 2. The van der Waals surface area contributed by atoms with Crippen LogP contribution in [-0.4, -0.2) is 18.9 Å². The van der Waals surface area contributed by atoms with Crippen LogP contribution in [0.1, 0.15) is 26.5 Å². The van der Waals surface area contributed by atoms with Crippen LogP contribution in [0.3, 0.4) is 0 Å². The maximum absolute atomic E-state index is 12.2. The molecule has 1 aromatic heterocycles. The van der Waals surface area contributed by atoms with E-state index in [-0.39, 0.29) is 11.8 Å². The van der Waals surface area contributed by atoms with Gasteiger partial charge in [0.05, 0.1) is 18.4 Å². The Morgan fingerprint density at radius 3 is 2.53 bits per heavy atom. The summed E-state index contributed by atoms with van der Waals surface area (Å²) >= 11 is 1.43. The van der Waals surface area contributed by atoms with Crippen molar-refractivity contribution in [1.82, 2.24) is 0 Å². The molecule has 3 nitrogen and oxygen atoms in total. The van der Waals surface area contributed by atoms with E-state index in [0.29, 0.717) is 23.3 Å². The quantitative estimate of drug-likeness (QED) is 0.621. The van der Waals surface area contributed by atoms with Gasteiger partial charge in [0.2, 0.25) is 5.78 Å². The van der Waals surface area contributed by atoms with Crippen molar-refractivity contribution in [2.45, 2.75) is 12.8 Å². The SMILES string of the molecule is COC(=O)CCc1ccc(C(=O)c2ccccc2)s1. The highest BCUT2D eigenvalue weighted by molar-refractivity contribution is 7.14. The topological polar surface area (TPSA) is 43.4 Å². The molecule has 0 saturated carbocycles. The van der Waals surface area contributed by atoms with Gasteiger partial charge in [0.15, 0.2) is 0 Å². The summed E-state index contributed by atoms with van der Waals surface area (Å²) in [5.74, 6) is -0.209. The summed E-state index contributed by atoms with van der Waals surface area (Å²) in [5, 5.41) is 0. The largest absolute Gasteiger partial charge is 0.469 e. The molecule has 0 spiro atoms. The van der Waals surface area contributed by atoms with E-state index < -0.39 is 0 Å². The molecule has 98 valence electrons. The second-order valence-electron chi connectivity index (χ2n) is 4.04. The fourth-order valence-corrected chi connectivity index (χ4v) is 2.66. The molecule has 0 saturated heterocycles. The fourth-order valence-electron chi connectivity index (χ4n) is 1.69. The van der Waals surface area contributed by atoms with Crippen LogP contribution < -0.4 is 0 Å². The molecule has 0 unspecified atom stereocenters. The van der Waals surface area contributed by atoms with Crippen molar-refractivity contribution >= 4 is 23.1 Å². The minimum absolute atomic E-state index is 0.0231. The third-order valence-corrected chi connectivity index (χ3v) is 3.87. The van der Waals surface area contributed by atoms with Crippen LogP contribution in [-0.2, 0) is 16.0 Å². The number of benzene rings is 1. The van der Waals surface area contributed by atoms with Crippen molar-refractivity contribution in [2.24, 2.45) is 0 Å². The zero-order valence-electron chi connectivity index (χ0n) is 10.6. The van der Waals surface area contributed by atoms with Crippen molar-refractivity contribution in [1.29, 1.82) is 0 Å². The van der Waals surface area contributed by atoms with E-state index in [2.05, 4.69) is 4.74 Å². The summed E-state index contributed by atoms with van der Waals surface area (Å²) in [6.07, 6.45) is 0.954. The molecule has 1 heterocycles. The van der Waals surface area contributed by atoms with Crippen LogP contribution in [0.25, 0.3) is 0 Å². The van der Waals surface area contributed by atoms with E-state index in [4.69, 9.17) is 0 Å². The van der Waals surface area contributed by atoms with Gasteiger partial charge < -0.3 is 4.74 Å². The van der Waals surface area contributed by atoms with Gasteiger partial charge in [-0.2, -0.15) is 0 Å². The van der Waals surface area contributed by atoms with E-state index in [1.807, 2.05) is 30.3 Å². The Kier molecular flexibility index (Phi) is 4.47. The smallest absolute Gasteiger partial charge is 0.305 e. The molecule has 0 aliphatic carbocycles. The van der Waals surface area contributed by atoms with Gasteiger partial charge in [0, 0.05) is 10.4 Å². The Morgan fingerprint density at radius 1 is 1.11 bits per heavy atom. The molecule has 0 atom stereocenters. The second kappa shape index (κ2) is 6.29. The lowest BCUT2D eigenvalue weighted by Crippen LogP contribution is -2.00. The molecule has 19 heavy (non-hydrogen) atoms. The first kappa shape index (κ1) is 13.5. The summed E-state index contributed by atoms with van der Waals surface area (Å²) in [5.41, 5.74) is 0.684. The fraction of sp³-hybridized carbons (Fsp3) is 0.200. The van der Waals surface area contributed by atoms with E-state index in [1.165, 1.54) is 18.4 Å². The van der Waals surface area contributed by atoms with Gasteiger partial charge in [0.1, 0.15) is 0 Å². The standard InChI is InChI=1S/C15H14O3S/c1-18-14(16)10-8-12-7-9-13(19-12)15(17)11-5-3-2-4-6-11/h2-7,9H,8,10H2,1H3. The van der Waals surface area contributed by atoms with Crippen LogP contribution in [0.15, 0.2) is 42.5 Å². The number of hydrogen-bond acceptors (Lipinski definition) is 4. The van der Waals surface area contributed by atoms with Crippen molar-refractivity contribution in [3.05, 3.63) is 57.8 Å². The van der Waals surface area contributed by atoms with Crippen LogP contribution >= 0.6 is 11.3 Å². The highest BCUT2D eigenvalue weighted by Crippen LogP contribution is 2.21. The van der Waals surface area contributed by atoms with Crippen molar-refractivity contribution in [3.8, 4) is 0 Å². The van der Waals surface area contributed by atoms with Crippen molar-refractivity contribution in [2.75, 3.05) is 7.11 Å². The minimum atomic E-state index is -0.232. The highest BCUT2D eigenvalue weighted by Gasteiger charge is 2.12. The molecule has 1 aromatic carbocycles. The monoisotopic (exact) mass is 274 g/mol. The lowest BCUT2D eigenvalue weighted by Gasteiger charge is -1.97. The van der Waals surface area contributed by atoms with Gasteiger partial charge in [0.25, 0.3) is 0 Å². The van der Waals surface area contributed by atoms with Crippen LogP contribution in [0.2, 0.25) is 0 Å². The van der Waals surface area contributed by atoms with Gasteiger partial charge in [-0.1, -0.05) is 30.3 Å². The average molecular weight is 274 g/mol. The number of carbonyl (C=O) groups is 2. The number of ketones is 1. The van der Waals surface area contributed by atoms with E-state index in [9.17, 15) is 9.59 Å². The molecule has 0 amide bonds. The van der Waals surface area contributed by atoms with Gasteiger partial charge in [-0.15, -0.1) is 11.3 Å². The first-order valence-electron chi connectivity index (χ1n) is 5.96. The highest BCUT2D eigenvalue weighted by atomic mass is 32.1. The zero-order chi connectivity index (χ0) is 13.7. The van der Waals surface area contributed by atoms with Crippen LogP contribution in [0.4, 0.5) is 0 Å². The third-order valence-electron chi connectivity index (χ3n) is 2.72. The molecule has 0 fully saturated rings. The summed E-state index contributed by atoms with van der Waals surface area (Å²) in [6, 6.07) is 12.9. The molecule has 4 heteroatoms. The normalized spacial score (nSPS) is 10.2. The molecule has 0 aliphatic heterocycles. The Hall–Kier alpha value is -1.94. The maximum atomic E-state index is 12.2. The predicted molar refractivity (Wildman–Crippen MR) is 74.5 cm³/mol. The lowest BCUT2D eigenvalue weighted by atomic mass is 10.1. The number of aryl methyl sites for hydroxylation is 1. The second-order valence-corrected chi connectivity index (χ2v) is 5.21. The minimum Gasteiger partial charge on any atom is -0.469 e. The molecule has 0 N–H and O–H groups in total. The number of methoxy groups -OCH3 is 1. The molecule has 0 bridgehead atoms. The molecule has 2 aromatic rings. The number of esters is 1. The number of rotatable bonds is 5. The zero-order valence-corrected chi connectivity index (χ0v) is 11.4. The Labute approximate surface area is 115 Å². The summed E-state index contributed by atoms with van der Waals surface area (Å²) in [6.45, 7) is 0. The average Bonchev–Trinajstić information content (AvgIpc) is 2.93. The first-order valence-corrected chi connectivity index (χ1v) is 6.77. The van der Waals surface area contributed by atoms with E-state index in [0.717, 1.165) is 4.88 Å². The Bertz CT molecular complexity index is 572. The molecule has 0 radical (unpaired) electrons. The van der Waals surface area contributed by atoms with Crippen LogP contribution in [0, 0.1) is 0 Å². The Morgan fingerprint density at radius 2 is 1.84 bits per heavy atom. The van der Waals surface area contributed by atoms with Gasteiger partial charge in [-0.25, -0.2) is 0 Å². The van der Waals surface area contributed by atoms with Gasteiger partial charge in [-0.3, -0.25) is 9.59 Å². The van der Waals surface area contributed by atoms with E-state index in [1.54, 1.807) is 12.1 Å². The van der Waals surface area contributed by atoms with Gasteiger partial charge >= 0.3 is 5.97 Å². The van der Waals surface area contributed by atoms with Crippen molar-refractivity contribution < 1.29 is 14.3 Å². The van der Waals surface area contributed by atoms with Crippen molar-refractivity contribution in [3.63, 3.8) is 0 Å². The maximum Gasteiger partial charge on any atom is 0.305 e.